The van der Waals surface area contributed by atoms with Crippen LogP contribution in [0, 0.1) is 0 Å². The van der Waals surface area contributed by atoms with Crippen LogP contribution in [0.15, 0.2) is 22.8 Å². The van der Waals surface area contributed by atoms with E-state index in [4.69, 9.17) is 9.15 Å². The molecule has 1 aliphatic rings. The molecule has 4 nitrogen and oxygen atoms in total. The average Bonchev–Trinajstić information content (AvgIpc) is 2.85. The minimum absolute atomic E-state index is 0.215. The summed E-state index contributed by atoms with van der Waals surface area (Å²) < 4.78 is 10.7. The molecule has 3 atom stereocenters. The normalized spacial score (nSPS) is 29.2. The van der Waals surface area contributed by atoms with E-state index in [-0.39, 0.29) is 6.10 Å². The number of nitrogens with one attached hydrogen (secondary N) is 1. The molecule has 0 spiro atoms. The van der Waals surface area contributed by atoms with Crippen molar-refractivity contribution in [2.45, 2.75) is 38.0 Å². The van der Waals surface area contributed by atoms with Crippen molar-refractivity contribution >= 4 is 0 Å². The molecular weight excluding hydrogens is 206 g/mol. The van der Waals surface area contributed by atoms with Gasteiger partial charge in [-0.15, -0.1) is 0 Å². The molecule has 90 valence electrons. The summed E-state index contributed by atoms with van der Waals surface area (Å²) in [4.78, 5) is 0. The Labute approximate surface area is 95.6 Å². The maximum atomic E-state index is 10.2. The standard InChI is InChI=1S/C12H19NO3/c1-9-10(5-7-15-9)13-8-12(2,14)11-4-3-6-16-11/h3-4,6,9-10,13-14H,5,7-8H2,1-2H3. The molecule has 0 aromatic carbocycles. The van der Waals surface area contributed by atoms with E-state index in [0.29, 0.717) is 18.3 Å². The van der Waals surface area contributed by atoms with E-state index in [9.17, 15) is 5.11 Å². The third-order valence-electron chi connectivity index (χ3n) is 3.14. The molecule has 16 heavy (non-hydrogen) atoms. The molecule has 0 aliphatic carbocycles. The van der Waals surface area contributed by atoms with Gasteiger partial charge in [0, 0.05) is 19.2 Å². The predicted molar refractivity (Wildman–Crippen MR) is 60.1 cm³/mol. The number of hydrogen-bond donors (Lipinski definition) is 2. The highest BCUT2D eigenvalue weighted by atomic mass is 16.5. The van der Waals surface area contributed by atoms with Crippen molar-refractivity contribution in [1.82, 2.24) is 5.32 Å². The van der Waals surface area contributed by atoms with Gasteiger partial charge in [0.05, 0.1) is 12.4 Å². The molecule has 1 aliphatic heterocycles. The minimum atomic E-state index is -0.966. The molecule has 1 aromatic rings. The quantitative estimate of drug-likeness (QED) is 0.810. The van der Waals surface area contributed by atoms with E-state index in [1.54, 1.807) is 25.3 Å². The van der Waals surface area contributed by atoms with Gasteiger partial charge in [0.15, 0.2) is 0 Å². The number of rotatable bonds is 4. The van der Waals surface area contributed by atoms with Crippen LogP contribution in [0.25, 0.3) is 0 Å². The Hall–Kier alpha value is -0.840. The lowest BCUT2D eigenvalue weighted by Gasteiger charge is -2.24. The first kappa shape index (κ1) is 11.6. The lowest BCUT2D eigenvalue weighted by atomic mass is 10.0. The van der Waals surface area contributed by atoms with Gasteiger partial charge in [-0.3, -0.25) is 0 Å². The van der Waals surface area contributed by atoms with Crippen LogP contribution < -0.4 is 5.32 Å². The zero-order chi connectivity index (χ0) is 11.6. The fourth-order valence-corrected chi connectivity index (χ4v) is 2.00. The Morgan fingerprint density at radius 3 is 3.00 bits per heavy atom. The summed E-state index contributed by atoms with van der Waals surface area (Å²) in [6.07, 6.45) is 2.79. The van der Waals surface area contributed by atoms with Crippen LogP contribution in [0.2, 0.25) is 0 Å². The van der Waals surface area contributed by atoms with Gasteiger partial charge in [0.2, 0.25) is 0 Å². The second-order valence-electron chi connectivity index (χ2n) is 4.60. The third-order valence-corrected chi connectivity index (χ3v) is 3.14. The summed E-state index contributed by atoms with van der Waals surface area (Å²) in [5.41, 5.74) is -0.966. The number of hydrogen-bond acceptors (Lipinski definition) is 4. The van der Waals surface area contributed by atoms with Gasteiger partial charge in [0.25, 0.3) is 0 Å². The number of aliphatic hydroxyl groups is 1. The second-order valence-corrected chi connectivity index (χ2v) is 4.60. The van der Waals surface area contributed by atoms with Crippen LogP contribution in [0.5, 0.6) is 0 Å². The van der Waals surface area contributed by atoms with Gasteiger partial charge in [-0.25, -0.2) is 0 Å². The predicted octanol–water partition coefficient (Wildman–Crippen LogP) is 1.25. The van der Waals surface area contributed by atoms with Crippen molar-refractivity contribution in [3.63, 3.8) is 0 Å². The summed E-state index contributed by atoms with van der Waals surface area (Å²) in [5.74, 6) is 0.589. The van der Waals surface area contributed by atoms with Crippen molar-refractivity contribution < 1.29 is 14.3 Å². The first-order chi connectivity index (χ1) is 7.59. The zero-order valence-corrected chi connectivity index (χ0v) is 9.77. The van der Waals surface area contributed by atoms with Gasteiger partial charge in [-0.2, -0.15) is 0 Å². The van der Waals surface area contributed by atoms with Crippen molar-refractivity contribution in [1.29, 1.82) is 0 Å². The van der Waals surface area contributed by atoms with Crippen LogP contribution in [0.3, 0.4) is 0 Å². The van der Waals surface area contributed by atoms with E-state index < -0.39 is 5.60 Å². The molecule has 4 heteroatoms. The zero-order valence-electron chi connectivity index (χ0n) is 9.77. The fourth-order valence-electron chi connectivity index (χ4n) is 2.00. The fraction of sp³-hybridized carbons (Fsp3) is 0.667. The van der Waals surface area contributed by atoms with Crippen LogP contribution in [0.4, 0.5) is 0 Å². The molecule has 0 amide bonds. The topological polar surface area (TPSA) is 54.6 Å². The monoisotopic (exact) mass is 225 g/mol. The van der Waals surface area contributed by atoms with Crippen molar-refractivity contribution in [2.24, 2.45) is 0 Å². The Balaban J connectivity index is 1.89. The molecule has 3 unspecified atom stereocenters. The molecule has 1 aromatic heterocycles. The lowest BCUT2D eigenvalue weighted by molar-refractivity contribution is 0.0279. The molecule has 2 heterocycles. The third kappa shape index (κ3) is 2.45. The highest BCUT2D eigenvalue weighted by Gasteiger charge is 2.30. The van der Waals surface area contributed by atoms with Gasteiger partial charge < -0.3 is 19.6 Å². The van der Waals surface area contributed by atoms with E-state index >= 15 is 0 Å². The van der Waals surface area contributed by atoms with Gasteiger partial charge in [-0.1, -0.05) is 0 Å². The molecule has 0 radical (unpaired) electrons. The Morgan fingerprint density at radius 1 is 1.62 bits per heavy atom. The Bertz CT molecular complexity index is 321. The van der Waals surface area contributed by atoms with Crippen molar-refractivity contribution in [2.75, 3.05) is 13.2 Å². The van der Waals surface area contributed by atoms with Crippen LogP contribution in [-0.2, 0) is 10.3 Å². The Morgan fingerprint density at radius 2 is 2.44 bits per heavy atom. The molecule has 2 rings (SSSR count). The van der Waals surface area contributed by atoms with E-state index in [1.165, 1.54) is 0 Å². The van der Waals surface area contributed by atoms with E-state index in [0.717, 1.165) is 13.0 Å². The van der Waals surface area contributed by atoms with Gasteiger partial charge in [0.1, 0.15) is 11.4 Å². The molecule has 0 bridgehead atoms. The maximum Gasteiger partial charge on any atom is 0.136 e. The van der Waals surface area contributed by atoms with Gasteiger partial charge >= 0.3 is 0 Å². The summed E-state index contributed by atoms with van der Waals surface area (Å²) in [7, 11) is 0. The molecule has 1 fully saturated rings. The highest BCUT2D eigenvalue weighted by molar-refractivity contribution is 5.08. The van der Waals surface area contributed by atoms with E-state index in [2.05, 4.69) is 5.32 Å². The largest absolute Gasteiger partial charge is 0.466 e. The lowest BCUT2D eigenvalue weighted by Crippen LogP contribution is -2.43. The number of ether oxygens (including phenoxy) is 1. The first-order valence-electron chi connectivity index (χ1n) is 5.71. The summed E-state index contributed by atoms with van der Waals surface area (Å²) >= 11 is 0. The summed E-state index contributed by atoms with van der Waals surface area (Å²) in [6, 6.07) is 3.89. The van der Waals surface area contributed by atoms with Crippen LogP contribution >= 0.6 is 0 Å². The molecule has 1 saturated heterocycles. The first-order valence-corrected chi connectivity index (χ1v) is 5.71. The van der Waals surface area contributed by atoms with Crippen LogP contribution in [-0.4, -0.2) is 30.4 Å². The average molecular weight is 225 g/mol. The van der Waals surface area contributed by atoms with Crippen LogP contribution in [0.1, 0.15) is 26.0 Å². The van der Waals surface area contributed by atoms with Gasteiger partial charge in [-0.05, 0) is 32.4 Å². The van der Waals surface area contributed by atoms with Crippen molar-refractivity contribution in [3.05, 3.63) is 24.2 Å². The molecule has 0 saturated carbocycles. The summed E-state index contributed by atoms with van der Waals surface area (Å²) in [5, 5.41) is 13.5. The minimum Gasteiger partial charge on any atom is -0.466 e. The highest BCUT2D eigenvalue weighted by Crippen LogP contribution is 2.21. The van der Waals surface area contributed by atoms with Crippen molar-refractivity contribution in [3.8, 4) is 0 Å². The summed E-state index contributed by atoms with van der Waals surface area (Å²) in [6.45, 7) is 5.06. The maximum absolute atomic E-state index is 10.2. The smallest absolute Gasteiger partial charge is 0.136 e. The van der Waals surface area contributed by atoms with E-state index in [1.807, 2.05) is 6.92 Å². The SMILES string of the molecule is CC1OCCC1NCC(C)(O)c1ccco1. The number of furan rings is 1. The molecular formula is C12H19NO3. The second kappa shape index (κ2) is 4.57. The Kier molecular flexibility index (Phi) is 3.33. The molecule has 2 N–H and O–H groups in total.